The van der Waals surface area contributed by atoms with Crippen LogP contribution >= 0.6 is 11.3 Å². The highest BCUT2D eigenvalue weighted by molar-refractivity contribution is 7.16. The van der Waals surface area contributed by atoms with Crippen molar-refractivity contribution in [2.75, 3.05) is 0 Å². The van der Waals surface area contributed by atoms with Crippen molar-refractivity contribution in [3.05, 3.63) is 64.0 Å². The molecule has 0 saturated carbocycles. The molecule has 0 saturated heterocycles. The number of fused-ring (bicyclic) bond motifs is 1. The second-order valence-electron chi connectivity index (χ2n) is 5.71. The van der Waals surface area contributed by atoms with Gasteiger partial charge in [-0.05, 0) is 44.0 Å². The van der Waals surface area contributed by atoms with Gasteiger partial charge in [0.05, 0.1) is 16.6 Å². The quantitative estimate of drug-likeness (QED) is 0.717. The third-order valence-corrected chi connectivity index (χ3v) is 5.03. The van der Waals surface area contributed by atoms with Crippen molar-refractivity contribution in [3.8, 4) is 0 Å². The first kappa shape index (κ1) is 15.7. The van der Waals surface area contributed by atoms with Crippen LogP contribution in [0, 0.1) is 13.8 Å². The molecule has 3 aromatic rings. The summed E-state index contributed by atoms with van der Waals surface area (Å²) in [5.41, 5.74) is 4.50. The fourth-order valence-corrected chi connectivity index (χ4v) is 3.82. The molecular formula is C19H20N2OS. The summed E-state index contributed by atoms with van der Waals surface area (Å²) in [6, 6.07) is 14.4. The molecule has 0 N–H and O–H groups in total. The SMILES string of the molecule is CCn1c(=NC(=O)Cc2cc(C)ccc2C)sc2ccccc21. The number of aromatic nitrogens is 1. The van der Waals surface area contributed by atoms with Gasteiger partial charge in [0.25, 0.3) is 5.91 Å². The van der Waals surface area contributed by atoms with Gasteiger partial charge < -0.3 is 4.57 Å². The summed E-state index contributed by atoms with van der Waals surface area (Å²) in [5, 5.41) is 0. The Bertz CT molecular complexity index is 934. The van der Waals surface area contributed by atoms with E-state index in [1.165, 1.54) is 5.56 Å². The van der Waals surface area contributed by atoms with Gasteiger partial charge in [-0.3, -0.25) is 4.79 Å². The molecule has 0 unspecified atom stereocenters. The van der Waals surface area contributed by atoms with Crippen LogP contribution in [0.15, 0.2) is 47.5 Å². The molecule has 0 fully saturated rings. The summed E-state index contributed by atoms with van der Waals surface area (Å²) in [7, 11) is 0. The molecule has 0 aliphatic rings. The number of para-hydroxylation sites is 1. The van der Waals surface area contributed by atoms with Crippen LogP contribution in [0.5, 0.6) is 0 Å². The van der Waals surface area contributed by atoms with E-state index in [1.54, 1.807) is 11.3 Å². The summed E-state index contributed by atoms with van der Waals surface area (Å²) in [4.78, 5) is 17.6. The Balaban J connectivity index is 1.98. The van der Waals surface area contributed by atoms with Crippen molar-refractivity contribution in [2.45, 2.75) is 33.7 Å². The van der Waals surface area contributed by atoms with Gasteiger partial charge in [0.2, 0.25) is 0 Å². The minimum Gasteiger partial charge on any atom is -0.317 e. The molecule has 118 valence electrons. The lowest BCUT2D eigenvalue weighted by molar-refractivity contribution is -0.117. The Morgan fingerprint density at radius 3 is 2.74 bits per heavy atom. The maximum absolute atomic E-state index is 12.4. The molecule has 3 nitrogen and oxygen atoms in total. The van der Waals surface area contributed by atoms with Crippen LogP contribution in [0.4, 0.5) is 0 Å². The zero-order valence-corrected chi connectivity index (χ0v) is 14.5. The molecule has 0 radical (unpaired) electrons. The Morgan fingerprint density at radius 1 is 1.17 bits per heavy atom. The van der Waals surface area contributed by atoms with Gasteiger partial charge in [-0.1, -0.05) is 47.2 Å². The molecule has 0 bridgehead atoms. The molecule has 3 rings (SSSR count). The Morgan fingerprint density at radius 2 is 1.96 bits per heavy atom. The second kappa shape index (κ2) is 6.50. The van der Waals surface area contributed by atoms with Crippen LogP contribution in [0.2, 0.25) is 0 Å². The molecule has 23 heavy (non-hydrogen) atoms. The van der Waals surface area contributed by atoms with Crippen LogP contribution in [0.1, 0.15) is 23.6 Å². The number of benzene rings is 2. The van der Waals surface area contributed by atoms with Crippen LogP contribution in [-0.4, -0.2) is 10.5 Å². The van der Waals surface area contributed by atoms with E-state index in [0.29, 0.717) is 6.42 Å². The van der Waals surface area contributed by atoms with Crippen LogP contribution in [0.25, 0.3) is 10.2 Å². The highest BCUT2D eigenvalue weighted by Crippen LogP contribution is 2.17. The highest BCUT2D eigenvalue weighted by atomic mass is 32.1. The molecule has 1 amide bonds. The number of carbonyl (C=O) groups excluding carboxylic acids is 1. The first-order valence-corrected chi connectivity index (χ1v) is 8.62. The molecule has 0 aliphatic carbocycles. The Kier molecular flexibility index (Phi) is 4.44. The molecule has 1 heterocycles. The van der Waals surface area contributed by atoms with E-state index in [9.17, 15) is 4.79 Å². The van der Waals surface area contributed by atoms with E-state index in [1.807, 2.05) is 26.0 Å². The number of carbonyl (C=O) groups is 1. The topological polar surface area (TPSA) is 34.4 Å². The lowest BCUT2D eigenvalue weighted by Gasteiger charge is -2.04. The number of hydrogen-bond acceptors (Lipinski definition) is 2. The summed E-state index contributed by atoms with van der Waals surface area (Å²) in [6.45, 7) is 6.96. The number of rotatable bonds is 3. The predicted molar refractivity (Wildman–Crippen MR) is 95.7 cm³/mol. The minimum atomic E-state index is -0.0903. The highest BCUT2D eigenvalue weighted by Gasteiger charge is 2.08. The van der Waals surface area contributed by atoms with Gasteiger partial charge in [-0.2, -0.15) is 4.99 Å². The molecule has 0 aliphatic heterocycles. The van der Waals surface area contributed by atoms with Gasteiger partial charge in [-0.25, -0.2) is 0 Å². The zero-order chi connectivity index (χ0) is 16.4. The van der Waals surface area contributed by atoms with E-state index < -0.39 is 0 Å². The average molecular weight is 324 g/mol. The molecular weight excluding hydrogens is 304 g/mol. The monoisotopic (exact) mass is 324 g/mol. The molecule has 1 aromatic heterocycles. The first-order chi connectivity index (χ1) is 11.1. The largest absolute Gasteiger partial charge is 0.317 e. The number of amides is 1. The van der Waals surface area contributed by atoms with Crippen LogP contribution < -0.4 is 4.80 Å². The maximum atomic E-state index is 12.4. The number of thiazole rings is 1. The van der Waals surface area contributed by atoms with Crippen molar-refractivity contribution < 1.29 is 4.79 Å². The Labute approximate surface area is 139 Å². The summed E-state index contributed by atoms with van der Waals surface area (Å²) in [5.74, 6) is -0.0903. The lowest BCUT2D eigenvalue weighted by Crippen LogP contribution is -2.16. The van der Waals surface area contributed by atoms with Gasteiger partial charge in [-0.15, -0.1) is 0 Å². The number of nitrogens with zero attached hydrogens (tertiary/aromatic N) is 2. The van der Waals surface area contributed by atoms with E-state index >= 15 is 0 Å². The van der Waals surface area contributed by atoms with E-state index in [4.69, 9.17) is 0 Å². The second-order valence-corrected chi connectivity index (χ2v) is 6.72. The van der Waals surface area contributed by atoms with E-state index in [2.05, 4.69) is 46.8 Å². The van der Waals surface area contributed by atoms with Gasteiger partial charge in [0, 0.05) is 6.54 Å². The summed E-state index contributed by atoms with van der Waals surface area (Å²) < 4.78 is 3.26. The van der Waals surface area contributed by atoms with Crippen molar-refractivity contribution >= 4 is 27.5 Å². The molecule has 0 atom stereocenters. The smallest absolute Gasteiger partial charge is 0.252 e. The van der Waals surface area contributed by atoms with Gasteiger partial charge in [0.15, 0.2) is 4.80 Å². The fraction of sp³-hybridized carbons (Fsp3) is 0.263. The van der Waals surface area contributed by atoms with Gasteiger partial charge >= 0.3 is 0 Å². The molecule has 2 aromatic carbocycles. The fourth-order valence-electron chi connectivity index (χ4n) is 2.71. The number of hydrogen-bond donors (Lipinski definition) is 0. The van der Waals surface area contributed by atoms with Crippen LogP contribution in [-0.2, 0) is 17.8 Å². The first-order valence-electron chi connectivity index (χ1n) is 7.80. The van der Waals surface area contributed by atoms with Crippen molar-refractivity contribution in [1.29, 1.82) is 0 Å². The third-order valence-electron chi connectivity index (χ3n) is 3.97. The summed E-state index contributed by atoms with van der Waals surface area (Å²) >= 11 is 1.57. The number of aryl methyl sites for hydroxylation is 3. The molecule has 0 spiro atoms. The van der Waals surface area contributed by atoms with E-state index in [-0.39, 0.29) is 5.91 Å². The standard InChI is InChI=1S/C19H20N2OS/c1-4-21-16-7-5-6-8-17(16)23-19(21)20-18(22)12-15-11-13(2)9-10-14(15)3/h5-11H,4,12H2,1-3H3. The zero-order valence-electron chi connectivity index (χ0n) is 13.7. The van der Waals surface area contributed by atoms with E-state index in [0.717, 1.165) is 32.7 Å². The normalized spacial score (nSPS) is 12.0. The van der Waals surface area contributed by atoms with Crippen molar-refractivity contribution in [2.24, 2.45) is 4.99 Å². The maximum Gasteiger partial charge on any atom is 0.252 e. The predicted octanol–water partition coefficient (Wildman–Crippen LogP) is 4.01. The average Bonchev–Trinajstić information content (AvgIpc) is 2.87. The molecule has 4 heteroatoms. The Hall–Kier alpha value is -2.20. The van der Waals surface area contributed by atoms with Gasteiger partial charge in [0.1, 0.15) is 0 Å². The van der Waals surface area contributed by atoms with Crippen molar-refractivity contribution in [1.82, 2.24) is 4.57 Å². The van der Waals surface area contributed by atoms with Crippen molar-refractivity contribution in [3.63, 3.8) is 0 Å². The minimum absolute atomic E-state index is 0.0903. The van der Waals surface area contributed by atoms with Crippen LogP contribution in [0.3, 0.4) is 0 Å². The summed E-state index contributed by atoms with van der Waals surface area (Å²) in [6.07, 6.45) is 0.353. The third kappa shape index (κ3) is 3.27. The lowest BCUT2D eigenvalue weighted by atomic mass is 10.0.